The molecule has 1 fully saturated rings. The second-order valence-electron chi connectivity index (χ2n) is 7.26. The fourth-order valence-corrected chi connectivity index (χ4v) is 5.49. The van der Waals surface area contributed by atoms with E-state index >= 15 is 0 Å². The van der Waals surface area contributed by atoms with Crippen LogP contribution in [0.25, 0.3) is 0 Å². The number of hydrogen-bond donors (Lipinski definition) is 1. The van der Waals surface area contributed by atoms with Crippen molar-refractivity contribution in [2.24, 2.45) is 5.92 Å². The lowest BCUT2D eigenvalue weighted by molar-refractivity contribution is -0.120. The Hall–Kier alpha value is -2.36. The first kappa shape index (κ1) is 22.3. The van der Waals surface area contributed by atoms with Crippen molar-refractivity contribution in [3.63, 3.8) is 0 Å². The number of anilines is 1. The maximum Gasteiger partial charge on any atom is 0.286 e. The van der Waals surface area contributed by atoms with Crippen LogP contribution in [0.2, 0.25) is 0 Å². The summed E-state index contributed by atoms with van der Waals surface area (Å²) in [6, 6.07) is 15.4. The van der Waals surface area contributed by atoms with Gasteiger partial charge in [-0.15, -0.1) is 0 Å². The van der Waals surface area contributed by atoms with Crippen molar-refractivity contribution in [3.05, 3.63) is 54.6 Å². The first-order valence-electron chi connectivity index (χ1n) is 9.63. The second kappa shape index (κ2) is 9.63. The molecule has 0 aromatic heterocycles. The van der Waals surface area contributed by atoms with Gasteiger partial charge in [0.05, 0.1) is 16.5 Å². The van der Waals surface area contributed by atoms with Crippen LogP contribution in [0.1, 0.15) is 12.8 Å². The Morgan fingerprint density at radius 1 is 1.07 bits per heavy atom. The number of carbonyl (C=O) groups is 2. The molecule has 1 N–H and O–H groups in total. The summed E-state index contributed by atoms with van der Waals surface area (Å²) >= 11 is 1.04. The van der Waals surface area contributed by atoms with E-state index < -0.39 is 15.9 Å². The standard InChI is InChI=1S/C21H25N3O4S2/c1-23(2)21(26)29-19-13-7-6-12-18(19)22-20(25)16-9-8-14-24(15-16)30(27,28)17-10-4-3-5-11-17/h3-7,10-13,16H,8-9,14-15H2,1-2H3,(H,22,25). The zero-order chi connectivity index (χ0) is 21.7. The predicted octanol–water partition coefficient (Wildman–Crippen LogP) is 3.50. The highest BCUT2D eigenvalue weighted by molar-refractivity contribution is 8.13. The highest BCUT2D eigenvalue weighted by Crippen LogP contribution is 2.30. The van der Waals surface area contributed by atoms with E-state index in [1.807, 2.05) is 0 Å². The highest BCUT2D eigenvalue weighted by Gasteiger charge is 2.33. The normalized spacial score (nSPS) is 17.3. The molecule has 0 aliphatic carbocycles. The molecule has 1 unspecified atom stereocenters. The maximum atomic E-state index is 12.9. The molecule has 1 aliphatic heterocycles. The fraction of sp³-hybridized carbons (Fsp3) is 0.333. The van der Waals surface area contributed by atoms with Gasteiger partial charge in [0.2, 0.25) is 15.9 Å². The lowest BCUT2D eigenvalue weighted by Crippen LogP contribution is -2.43. The second-order valence-corrected chi connectivity index (χ2v) is 10.2. The van der Waals surface area contributed by atoms with E-state index in [0.717, 1.165) is 11.8 Å². The summed E-state index contributed by atoms with van der Waals surface area (Å²) < 4.78 is 27.2. The summed E-state index contributed by atoms with van der Waals surface area (Å²) in [4.78, 5) is 27.3. The summed E-state index contributed by atoms with van der Waals surface area (Å²) in [5.74, 6) is -0.701. The Bertz CT molecular complexity index is 1010. The number of sulfonamides is 1. The molecule has 7 nitrogen and oxygen atoms in total. The number of hydrogen-bond acceptors (Lipinski definition) is 5. The minimum Gasteiger partial charge on any atom is -0.339 e. The third kappa shape index (κ3) is 5.21. The third-order valence-corrected chi connectivity index (χ3v) is 7.84. The molecule has 2 aromatic carbocycles. The number of carbonyl (C=O) groups excluding carboxylic acids is 2. The molecule has 1 saturated heterocycles. The minimum atomic E-state index is -3.64. The quantitative estimate of drug-likeness (QED) is 0.709. The summed E-state index contributed by atoms with van der Waals surface area (Å²) in [7, 11) is -0.302. The van der Waals surface area contributed by atoms with Crippen LogP contribution >= 0.6 is 11.8 Å². The first-order valence-corrected chi connectivity index (χ1v) is 11.9. The van der Waals surface area contributed by atoms with Gasteiger partial charge in [0.1, 0.15) is 0 Å². The SMILES string of the molecule is CN(C)C(=O)Sc1ccccc1NC(=O)C1CCCN(S(=O)(=O)c2ccccc2)C1. The van der Waals surface area contributed by atoms with Crippen LogP contribution < -0.4 is 5.32 Å². The van der Waals surface area contributed by atoms with Crippen LogP contribution in [-0.2, 0) is 14.8 Å². The van der Waals surface area contributed by atoms with E-state index in [2.05, 4.69) is 5.32 Å². The molecule has 30 heavy (non-hydrogen) atoms. The number of rotatable bonds is 5. The zero-order valence-corrected chi connectivity index (χ0v) is 18.6. The monoisotopic (exact) mass is 447 g/mol. The Morgan fingerprint density at radius 3 is 2.43 bits per heavy atom. The van der Waals surface area contributed by atoms with Gasteiger partial charge in [-0.25, -0.2) is 8.42 Å². The number of amides is 2. The van der Waals surface area contributed by atoms with E-state index in [0.29, 0.717) is 30.0 Å². The molecule has 1 atom stereocenters. The van der Waals surface area contributed by atoms with Crippen molar-refractivity contribution in [1.29, 1.82) is 0 Å². The van der Waals surface area contributed by atoms with Gasteiger partial charge in [0, 0.05) is 32.1 Å². The van der Waals surface area contributed by atoms with Crippen LogP contribution in [0.5, 0.6) is 0 Å². The number of para-hydroxylation sites is 1. The number of nitrogens with zero attached hydrogens (tertiary/aromatic N) is 2. The van der Waals surface area contributed by atoms with E-state index in [9.17, 15) is 18.0 Å². The Labute approximate surface area is 181 Å². The maximum absolute atomic E-state index is 12.9. The largest absolute Gasteiger partial charge is 0.339 e. The molecule has 0 spiro atoms. The average molecular weight is 448 g/mol. The summed E-state index contributed by atoms with van der Waals surface area (Å²) in [6.45, 7) is 0.528. The topological polar surface area (TPSA) is 86.8 Å². The van der Waals surface area contributed by atoms with Crippen molar-refractivity contribution in [3.8, 4) is 0 Å². The molecule has 2 amide bonds. The van der Waals surface area contributed by atoms with Crippen molar-refractivity contribution < 1.29 is 18.0 Å². The van der Waals surface area contributed by atoms with Gasteiger partial charge in [0.25, 0.3) is 5.24 Å². The molecule has 0 saturated carbocycles. The molecule has 2 aromatic rings. The Kier molecular flexibility index (Phi) is 7.17. The summed E-state index contributed by atoms with van der Waals surface area (Å²) in [5.41, 5.74) is 0.547. The lowest BCUT2D eigenvalue weighted by atomic mass is 9.99. The third-order valence-electron chi connectivity index (χ3n) is 4.84. The van der Waals surface area contributed by atoms with E-state index in [-0.39, 0.29) is 22.6 Å². The number of nitrogens with one attached hydrogen (secondary N) is 1. The molecule has 3 rings (SSSR count). The van der Waals surface area contributed by atoms with Crippen molar-refractivity contribution in [1.82, 2.24) is 9.21 Å². The molecule has 9 heteroatoms. The summed E-state index contributed by atoms with van der Waals surface area (Å²) in [6.07, 6.45) is 1.22. The van der Waals surface area contributed by atoms with Crippen molar-refractivity contribution in [2.75, 3.05) is 32.5 Å². The van der Waals surface area contributed by atoms with E-state index in [1.54, 1.807) is 68.7 Å². The Balaban J connectivity index is 1.72. The first-order chi connectivity index (χ1) is 14.3. The highest BCUT2D eigenvalue weighted by atomic mass is 32.2. The van der Waals surface area contributed by atoms with Gasteiger partial charge in [-0.1, -0.05) is 30.3 Å². The molecule has 1 aliphatic rings. The molecular formula is C21H25N3O4S2. The van der Waals surface area contributed by atoms with E-state index in [4.69, 9.17) is 0 Å². The molecule has 0 radical (unpaired) electrons. The Morgan fingerprint density at radius 2 is 1.73 bits per heavy atom. The van der Waals surface area contributed by atoms with Crippen LogP contribution in [0.4, 0.5) is 10.5 Å². The molecular weight excluding hydrogens is 422 g/mol. The van der Waals surface area contributed by atoms with Gasteiger partial charge in [-0.2, -0.15) is 4.31 Å². The molecule has 160 valence electrons. The average Bonchev–Trinajstić information content (AvgIpc) is 2.75. The number of piperidine rings is 1. The number of thioether (sulfide) groups is 1. The lowest BCUT2D eigenvalue weighted by Gasteiger charge is -2.31. The van der Waals surface area contributed by atoms with E-state index in [1.165, 1.54) is 9.21 Å². The van der Waals surface area contributed by atoms with Crippen molar-refractivity contribution in [2.45, 2.75) is 22.6 Å². The number of benzene rings is 2. The summed E-state index contributed by atoms with van der Waals surface area (Å²) in [5, 5.41) is 2.74. The van der Waals surface area contributed by atoms with Gasteiger partial charge >= 0.3 is 0 Å². The smallest absolute Gasteiger partial charge is 0.286 e. The van der Waals surface area contributed by atoms with Gasteiger partial charge < -0.3 is 10.2 Å². The van der Waals surface area contributed by atoms with Crippen LogP contribution in [0.3, 0.4) is 0 Å². The zero-order valence-electron chi connectivity index (χ0n) is 16.9. The van der Waals surface area contributed by atoms with Crippen LogP contribution in [0, 0.1) is 5.92 Å². The van der Waals surface area contributed by atoms with Gasteiger partial charge in [-0.3, -0.25) is 9.59 Å². The van der Waals surface area contributed by atoms with Crippen LogP contribution in [0.15, 0.2) is 64.4 Å². The minimum absolute atomic E-state index is 0.134. The van der Waals surface area contributed by atoms with Crippen molar-refractivity contribution >= 4 is 38.6 Å². The molecule has 0 bridgehead atoms. The predicted molar refractivity (Wildman–Crippen MR) is 118 cm³/mol. The van der Waals surface area contributed by atoms with Gasteiger partial charge in [-0.05, 0) is 48.9 Å². The van der Waals surface area contributed by atoms with Crippen LogP contribution in [-0.4, -0.2) is 56.0 Å². The molecule has 1 heterocycles. The fourth-order valence-electron chi connectivity index (χ4n) is 3.20. The van der Waals surface area contributed by atoms with Gasteiger partial charge in [0.15, 0.2) is 0 Å².